The average molecular weight is 403 g/mol. The zero-order valence-electron chi connectivity index (χ0n) is 11.8. The van der Waals surface area contributed by atoms with Crippen molar-refractivity contribution >= 4 is 45.0 Å². The van der Waals surface area contributed by atoms with E-state index in [0.717, 1.165) is 20.0 Å². The molecule has 22 heavy (non-hydrogen) atoms. The Hall–Kier alpha value is -2.08. The van der Waals surface area contributed by atoms with Crippen LogP contribution in [-0.4, -0.2) is 12.5 Å². The largest absolute Gasteiger partial charge is 0.484 e. The average Bonchev–Trinajstić information content (AvgIpc) is 2.53. The first kappa shape index (κ1) is 14.8. The minimum atomic E-state index is -0.171. The second kappa shape index (κ2) is 6.79. The maximum atomic E-state index is 11.9. The Morgan fingerprint density at radius 3 is 2.59 bits per heavy atom. The molecule has 0 aliphatic rings. The SMILES string of the molecule is O=C(COc1ccc2ccccc2c1)Nc1cccc(I)c1. The van der Waals surface area contributed by atoms with E-state index in [1.54, 1.807) is 0 Å². The lowest BCUT2D eigenvalue weighted by atomic mass is 10.1. The second-order valence-corrected chi connectivity index (χ2v) is 6.10. The number of carbonyl (C=O) groups is 1. The van der Waals surface area contributed by atoms with Crippen molar-refractivity contribution < 1.29 is 9.53 Å². The molecule has 3 aromatic rings. The van der Waals surface area contributed by atoms with Crippen LogP contribution in [0.4, 0.5) is 5.69 Å². The number of rotatable bonds is 4. The summed E-state index contributed by atoms with van der Waals surface area (Å²) in [5.74, 6) is 0.520. The molecule has 0 unspecified atom stereocenters. The van der Waals surface area contributed by atoms with Crippen molar-refractivity contribution in [2.75, 3.05) is 11.9 Å². The van der Waals surface area contributed by atoms with Crippen molar-refractivity contribution in [3.05, 3.63) is 70.3 Å². The van der Waals surface area contributed by atoms with Gasteiger partial charge >= 0.3 is 0 Å². The highest BCUT2D eigenvalue weighted by molar-refractivity contribution is 14.1. The van der Waals surface area contributed by atoms with Crippen molar-refractivity contribution in [3.63, 3.8) is 0 Å². The Kier molecular flexibility index (Phi) is 4.58. The number of halogens is 1. The number of ether oxygens (including phenoxy) is 1. The lowest BCUT2D eigenvalue weighted by Crippen LogP contribution is -2.20. The fraction of sp³-hybridized carbons (Fsp3) is 0.0556. The van der Waals surface area contributed by atoms with Gasteiger partial charge in [-0.25, -0.2) is 0 Å². The third-order valence-electron chi connectivity index (χ3n) is 3.20. The number of amides is 1. The maximum Gasteiger partial charge on any atom is 0.262 e. The van der Waals surface area contributed by atoms with Gasteiger partial charge in [-0.1, -0.05) is 36.4 Å². The quantitative estimate of drug-likeness (QED) is 0.654. The molecule has 0 aliphatic carbocycles. The molecular weight excluding hydrogens is 389 g/mol. The van der Waals surface area contributed by atoms with Crippen molar-refractivity contribution in [2.45, 2.75) is 0 Å². The van der Waals surface area contributed by atoms with E-state index >= 15 is 0 Å². The number of fused-ring (bicyclic) bond motifs is 1. The van der Waals surface area contributed by atoms with Crippen LogP contribution in [-0.2, 0) is 4.79 Å². The topological polar surface area (TPSA) is 38.3 Å². The molecule has 0 radical (unpaired) electrons. The van der Waals surface area contributed by atoms with Crippen molar-refractivity contribution in [3.8, 4) is 5.75 Å². The highest BCUT2D eigenvalue weighted by Gasteiger charge is 2.04. The number of hydrogen-bond donors (Lipinski definition) is 1. The van der Waals surface area contributed by atoms with Crippen molar-refractivity contribution in [2.24, 2.45) is 0 Å². The molecule has 3 rings (SSSR count). The van der Waals surface area contributed by atoms with E-state index in [9.17, 15) is 4.79 Å². The summed E-state index contributed by atoms with van der Waals surface area (Å²) in [6.45, 7) is -0.0101. The molecule has 3 aromatic carbocycles. The molecule has 0 saturated heterocycles. The molecule has 0 spiro atoms. The van der Waals surface area contributed by atoms with Gasteiger partial charge in [0.25, 0.3) is 5.91 Å². The molecule has 1 amide bonds. The van der Waals surface area contributed by atoms with Crippen LogP contribution in [0.25, 0.3) is 10.8 Å². The third-order valence-corrected chi connectivity index (χ3v) is 3.87. The van der Waals surface area contributed by atoms with E-state index in [1.807, 2.05) is 66.7 Å². The predicted molar refractivity (Wildman–Crippen MR) is 97.2 cm³/mol. The van der Waals surface area contributed by atoms with Crippen LogP contribution in [0.15, 0.2) is 66.7 Å². The zero-order valence-corrected chi connectivity index (χ0v) is 13.9. The molecule has 0 fully saturated rings. The number of hydrogen-bond acceptors (Lipinski definition) is 2. The van der Waals surface area contributed by atoms with E-state index in [0.29, 0.717) is 5.75 Å². The lowest BCUT2D eigenvalue weighted by Gasteiger charge is -2.08. The van der Waals surface area contributed by atoms with Gasteiger partial charge < -0.3 is 10.1 Å². The van der Waals surface area contributed by atoms with Crippen molar-refractivity contribution in [1.82, 2.24) is 0 Å². The van der Waals surface area contributed by atoms with Gasteiger partial charge in [0.1, 0.15) is 5.75 Å². The predicted octanol–water partition coefficient (Wildman–Crippen LogP) is 4.46. The van der Waals surface area contributed by atoms with Crippen molar-refractivity contribution in [1.29, 1.82) is 0 Å². The van der Waals surface area contributed by atoms with E-state index in [2.05, 4.69) is 27.9 Å². The summed E-state index contributed by atoms with van der Waals surface area (Å²) in [4.78, 5) is 11.9. The smallest absolute Gasteiger partial charge is 0.262 e. The fourth-order valence-corrected chi connectivity index (χ4v) is 2.71. The highest BCUT2D eigenvalue weighted by Crippen LogP contribution is 2.20. The minimum Gasteiger partial charge on any atom is -0.484 e. The Morgan fingerprint density at radius 2 is 1.77 bits per heavy atom. The van der Waals surface area contributed by atoms with E-state index < -0.39 is 0 Å². The normalized spacial score (nSPS) is 10.4. The van der Waals surface area contributed by atoms with Gasteiger partial charge in [-0.15, -0.1) is 0 Å². The first-order valence-corrected chi connectivity index (χ1v) is 7.95. The highest BCUT2D eigenvalue weighted by atomic mass is 127. The van der Waals surface area contributed by atoms with Gasteiger partial charge in [0.2, 0.25) is 0 Å². The fourth-order valence-electron chi connectivity index (χ4n) is 2.17. The molecule has 110 valence electrons. The van der Waals surface area contributed by atoms with Gasteiger partial charge in [0, 0.05) is 9.26 Å². The summed E-state index contributed by atoms with van der Waals surface area (Å²) in [6, 6.07) is 21.5. The van der Waals surface area contributed by atoms with Gasteiger partial charge in [-0.05, 0) is 63.7 Å². The third kappa shape index (κ3) is 3.76. The molecular formula is C18H14INO2. The monoisotopic (exact) mass is 403 g/mol. The van der Waals surface area contributed by atoms with E-state index in [4.69, 9.17) is 4.74 Å². The van der Waals surface area contributed by atoms with Crippen LogP contribution in [0, 0.1) is 3.57 Å². The zero-order chi connectivity index (χ0) is 15.4. The van der Waals surface area contributed by atoms with Crippen LogP contribution in [0.3, 0.4) is 0 Å². The number of carbonyl (C=O) groups excluding carboxylic acids is 1. The number of nitrogens with one attached hydrogen (secondary N) is 1. The lowest BCUT2D eigenvalue weighted by molar-refractivity contribution is -0.118. The minimum absolute atomic E-state index is 0.0101. The maximum absolute atomic E-state index is 11.9. The molecule has 0 bridgehead atoms. The van der Waals surface area contributed by atoms with Crippen LogP contribution < -0.4 is 10.1 Å². The van der Waals surface area contributed by atoms with Crippen LogP contribution in [0.2, 0.25) is 0 Å². The summed E-state index contributed by atoms with van der Waals surface area (Å²) in [5.41, 5.74) is 0.777. The molecule has 0 atom stereocenters. The van der Waals surface area contributed by atoms with Crippen LogP contribution in [0.5, 0.6) is 5.75 Å². The van der Waals surface area contributed by atoms with Crippen LogP contribution >= 0.6 is 22.6 Å². The molecule has 4 heteroatoms. The summed E-state index contributed by atoms with van der Waals surface area (Å²) >= 11 is 2.21. The Balaban J connectivity index is 1.62. The first-order chi connectivity index (χ1) is 10.7. The molecule has 3 nitrogen and oxygen atoms in total. The summed E-state index contributed by atoms with van der Waals surface area (Å²) in [5, 5.41) is 5.07. The van der Waals surface area contributed by atoms with Gasteiger partial charge in [-0.2, -0.15) is 0 Å². The summed E-state index contributed by atoms with van der Waals surface area (Å²) < 4.78 is 6.64. The number of benzene rings is 3. The Bertz CT molecular complexity index is 817. The standard InChI is InChI=1S/C18H14INO2/c19-15-6-3-7-16(11-15)20-18(21)12-22-17-9-8-13-4-1-2-5-14(13)10-17/h1-11H,12H2,(H,20,21). The van der Waals surface area contributed by atoms with Gasteiger partial charge in [-0.3, -0.25) is 4.79 Å². The van der Waals surface area contributed by atoms with E-state index in [1.165, 1.54) is 0 Å². The Morgan fingerprint density at radius 1 is 0.955 bits per heavy atom. The van der Waals surface area contributed by atoms with Gasteiger partial charge in [0.15, 0.2) is 6.61 Å². The Labute approximate surface area is 142 Å². The summed E-state index contributed by atoms with van der Waals surface area (Å²) in [6.07, 6.45) is 0. The molecule has 0 saturated carbocycles. The number of anilines is 1. The molecule has 0 aliphatic heterocycles. The second-order valence-electron chi connectivity index (χ2n) is 4.86. The molecule has 1 N–H and O–H groups in total. The van der Waals surface area contributed by atoms with Gasteiger partial charge in [0.05, 0.1) is 0 Å². The van der Waals surface area contributed by atoms with E-state index in [-0.39, 0.29) is 12.5 Å². The summed E-state index contributed by atoms with van der Waals surface area (Å²) in [7, 11) is 0. The first-order valence-electron chi connectivity index (χ1n) is 6.88. The molecule has 0 heterocycles. The van der Waals surface area contributed by atoms with Crippen LogP contribution in [0.1, 0.15) is 0 Å². The molecule has 0 aromatic heterocycles.